The largest absolute Gasteiger partial charge is 0.465 e. The molecule has 1 heterocycles. The van der Waals surface area contributed by atoms with Crippen LogP contribution in [0.3, 0.4) is 0 Å². The van der Waals surface area contributed by atoms with Gasteiger partial charge in [0.25, 0.3) is 0 Å². The predicted molar refractivity (Wildman–Crippen MR) is 56.8 cm³/mol. The van der Waals surface area contributed by atoms with Crippen LogP contribution in [-0.4, -0.2) is 19.2 Å². The van der Waals surface area contributed by atoms with E-state index in [0.717, 1.165) is 0 Å². The van der Waals surface area contributed by atoms with Gasteiger partial charge in [0.1, 0.15) is 4.88 Å². The van der Waals surface area contributed by atoms with Gasteiger partial charge in [-0.15, -0.1) is 11.3 Å². The molecule has 0 saturated carbocycles. The van der Waals surface area contributed by atoms with Gasteiger partial charge < -0.3 is 4.74 Å². The fraction of sp³-hybridized carbons (Fsp3) is 0.400. The van der Waals surface area contributed by atoms with Gasteiger partial charge in [-0.2, -0.15) is 4.99 Å². The maximum atomic E-state index is 11.4. The van der Waals surface area contributed by atoms with Crippen LogP contribution in [0.1, 0.15) is 29.1 Å². The number of ether oxygens (including phenoxy) is 1. The minimum Gasteiger partial charge on any atom is -0.465 e. The van der Waals surface area contributed by atoms with Crippen LogP contribution < -0.4 is 0 Å². The lowest BCUT2D eigenvalue weighted by Gasteiger charge is -2.17. The summed E-state index contributed by atoms with van der Waals surface area (Å²) in [4.78, 5) is 25.8. The number of aliphatic imine (C=N–C) groups is 1. The summed E-state index contributed by atoms with van der Waals surface area (Å²) in [5, 5.41) is 1.77. The molecular weight excluding hydrogens is 214 g/mol. The molecule has 80 valence electrons. The minimum absolute atomic E-state index is 0.408. The van der Waals surface area contributed by atoms with Crippen LogP contribution >= 0.6 is 11.3 Å². The Balaban J connectivity index is 3.20. The Morgan fingerprint density at radius 2 is 2.27 bits per heavy atom. The van der Waals surface area contributed by atoms with Crippen LogP contribution in [0.5, 0.6) is 0 Å². The van der Waals surface area contributed by atoms with Crippen LogP contribution in [0.2, 0.25) is 0 Å². The highest BCUT2D eigenvalue weighted by Gasteiger charge is 2.27. The molecule has 1 rings (SSSR count). The van der Waals surface area contributed by atoms with Crippen LogP contribution in [0.25, 0.3) is 0 Å². The number of hydrogen-bond donors (Lipinski definition) is 0. The van der Waals surface area contributed by atoms with Gasteiger partial charge in [0.2, 0.25) is 6.08 Å². The first kappa shape index (κ1) is 11.6. The highest BCUT2D eigenvalue weighted by molar-refractivity contribution is 7.12. The second kappa shape index (κ2) is 4.38. The first-order valence-corrected chi connectivity index (χ1v) is 5.16. The summed E-state index contributed by atoms with van der Waals surface area (Å²) < 4.78 is 4.64. The Morgan fingerprint density at radius 3 is 2.80 bits per heavy atom. The molecule has 0 fully saturated rings. The third-order valence-electron chi connectivity index (χ3n) is 2.02. The molecule has 0 aromatic carbocycles. The zero-order chi connectivity index (χ0) is 11.5. The van der Waals surface area contributed by atoms with Crippen molar-refractivity contribution in [1.82, 2.24) is 0 Å². The van der Waals surface area contributed by atoms with E-state index in [1.165, 1.54) is 24.5 Å². The van der Waals surface area contributed by atoms with Crippen molar-refractivity contribution in [3.8, 4) is 0 Å². The number of carbonyl (C=O) groups is 1. The standard InChI is InChI=1S/C10H11NO3S/c1-10(2,11-6-12)7-4-5-15-8(7)9(13)14-3/h4-5H,1-3H3. The molecule has 0 atom stereocenters. The molecule has 0 spiro atoms. The van der Waals surface area contributed by atoms with E-state index >= 15 is 0 Å². The van der Waals surface area contributed by atoms with Crippen LogP contribution in [-0.2, 0) is 15.1 Å². The summed E-state index contributed by atoms with van der Waals surface area (Å²) in [5.41, 5.74) is -0.0617. The lowest BCUT2D eigenvalue weighted by Crippen LogP contribution is -2.16. The molecule has 0 bridgehead atoms. The summed E-state index contributed by atoms with van der Waals surface area (Å²) in [6.45, 7) is 3.48. The maximum Gasteiger partial charge on any atom is 0.348 e. The normalized spacial score (nSPS) is 10.6. The van der Waals surface area contributed by atoms with Gasteiger partial charge in [-0.25, -0.2) is 9.59 Å². The molecule has 0 unspecified atom stereocenters. The number of rotatable bonds is 3. The number of thiophene rings is 1. The predicted octanol–water partition coefficient (Wildman–Crippen LogP) is 2.11. The monoisotopic (exact) mass is 225 g/mol. The molecule has 0 amide bonds. The van der Waals surface area contributed by atoms with Gasteiger partial charge in [-0.1, -0.05) is 0 Å². The van der Waals surface area contributed by atoms with Crippen LogP contribution in [0.15, 0.2) is 16.4 Å². The zero-order valence-corrected chi connectivity index (χ0v) is 9.55. The van der Waals surface area contributed by atoms with E-state index < -0.39 is 11.5 Å². The molecular formula is C10H11NO3S. The zero-order valence-electron chi connectivity index (χ0n) is 8.73. The van der Waals surface area contributed by atoms with E-state index in [0.29, 0.717) is 10.4 Å². The van der Waals surface area contributed by atoms with Crippen LogP contribution in [0.4, 0.5) is 0 Å². The second-order valence-electron chi connectivity index (χ2n) is 3.42. The summed E-state index contributed by atoms with van der Waals surface area (Å²) in [6.07, 6.45) is 1.51. The molecule has 0 N–H and O–H groups in total. The summed E-state index contributed by atoms with van der Waals surface area (Å²) >= 11 is 1.27. The maximum absolute atomic E-state index is 11.4. The van der Waals surface area contributed by atoms with Crippen molar-refractivity contribution < 1.29 is 14.3 Å². The molecule has 5 heteroatoms. The number of isocyanates is 1. The van der Waals surface area contributed by atoms with Crippen molar-refractivity contribution in [2.24, 2.45) is 4.99 Å². The second-order valence-corrected chi connectivity index (χ2v) is 4.33. The van der Waals surface area contributed by atoms with Gasteiger partial charge in [0, 0.05) is 5.56 Å². The molecule has 0 aliphatic heterocycles. The summed E-state index contributed by atoms with van der Waals surface area (Å²) in [5.74, 6) is -0.408. The summed E-state index contributed by atoms with van der Waals surface area (Å²) in [6, 6.07) is 1.76. The molecule has 15 heavy (non-hydrogen) atoms. The first-order chi connectivity index (χ1) is 7.03. The number of hydrogen-bond acceptors (Lipinski definition) is 5. The van der Waals surface area contributed by atoms with Crippen LogP contribution in [0, 0.1) is 0 Å². The molecule has 0 aliphatic carbocycles. The quantitative estimate of drug-likeness (QED) is 0.449. The molecule has 1 aromatic rings. The van der Waals surface area contributed by atoms with Gasteiger partial charge in [0.05, 0.1) is 12.6 Å². The van der Waals surface area contributed by atoms with Crippen molar-refractivity contribution in [3.05, 3.63) is 21.9 Å². The molecule has 0 saturated heterocycles. The molecule has 0 radical (unpaired) electrons. The van der Waals surface area contributed by atoms with E-state index in [1.807, 2.05) is 0 Å². The van der Waals surface area contributed by atoms with Gasteiger partial charge >= 0.3 is 5.97 Å². The van der Waals surface area contributed by atoms with E-state index in [-0.39, 0.29) is 0 Å². The first-order valence-electron chi connectivity index (χ1n) is 4.28. The topological polar surface area (TPSA) is 55.7 Å². The SMILES string of the molecule is COC(=O)c1sccc1C(C)(C)N=C=O. The lowest BCUT2D eigenvalue weighted by molar-refractivity contribution is 0.0603. The van der Waals surface area contributed by atoms with Crippen molar-refractivity contribution in [3.63, 3.8) is 0 Å². The summed E-state index contributed by atoms with van der Waals surface area (Å²) in [7, 11) is 1.32. The number of nitrogens with zero attached hydrogens (tertiary/aromatic N) is 1. The van der Waals surface area contributed by atoms with Gasteiger partial charge in [0.15, 0.2) is 0 Å². The van der Waals surface area contributed by atoms with Crippen molar-refractivity contribution in [2.45, 2.75) is 19.4 Å². The van der Waals surface area contributed by atoms with Crippen molar-refractivity contribution >= 4 is 23.4 Å². The fourth-order valence-corrected chi connectivity index (χ4v) is 2.18. The Kier molecular flexibility index (Phi) is 3.39. The highest BCUT2D eigenvalue weighted by Crippen LogP contribution is 2.31. The average molecular weight is 225 g/mol. The van der Waals surface area contributed by atoms with Crippen molar-refractivity contribution in [1.29, 1.82) is 0 Å². The van der Waals surface area contributed by atoms with E-state index in [4.69, 9.17) is 0 Å². The smallest absolute Gasteiger partial charge is 0.348 e. The van der Waals surface area contributed by atoms with E-state index in [1.54, 1.807) is 25.3 Å². The van der Waals surface area contributed by atoms with Gasteiger partial charge in [-0.05, 0) is 25.3 Å². The lowest BCUT2D eigenvalue weighted by atomic mass is 9.96. The Morgan fingerprint density at radius 1 is 1.60 bits per heavy atom. The number of carbonyl (C=O) groups excluding carboxylic acids is 2. The highest BCUT2D eigenvalue weighted by atomic mass is 32.1. The molecule has 1 aromatic heterocycles. The average Bonchev–Trinajstić information content (AvgIpc) is 2.65. The van der Waals surface area contributed by atoms with E-state index in [2.05, 4.69) is 9.73 Å². The minimum atomic E-state index is -0.745. The Hall–Kier alpha value is -1.45. The fourth-order valence-electron chi connectivity index (χ4n) is 1.22. The number of esters is 1. The third-order valence-corrected chi connectivity index (χ3v) is 2.91. The Labute approximate surface area is 91.6 Å². The number of methoxy groups -OCH3 is 1. The Bertz CT molecular complexity index is 416. The third kappa shape index (κ3) is 2.32. The van der Waals surface area contributed by atoms with E-state index in [9.17, 15) is 9.59 Å². The van der Waals surface area contributed by atoms with Gasteiger partial charge in [-0.3, -0.25) is 0 Å². The van der Waals surface area contributed by atoms with Crippen molar-refractivity contribution in [2.75, 3.05) is 7.11 Å². The molecule has 0 aliphatic rings. The molecule has 4 nitrogen and oxygen atoms in total.